The van der Waals surface area contributed by atoms with Crippen LogP contribution in [0.1, 0.15) is 5.01 Å². The lowest BCUT2D eigenvalue weighted by atomic mass is 10.5. The molecule has 78 valence electrons. The van der Waals surface area contributed by atoms with Crippen LogP contribution in [0, 0.1) is 12.7 Å². The number of aromatic nitrogens is 3. The standard InChI is InChI=1S/C8H5ClFN3S2/c1-4-12-13-8(14-4)15-7-6(10)2-5(9)3-11-7/h2-3H,1H3. The molecule has 0 amide bonds. The van der Waals surface area contributed by atoms with Crippen molar-refractivity contribution in [1.82, 2.24) is 15.2 Å². The summed E-state index contributed by atoms with van der Waals surface area (Å²) in [6.07, 6.45) is 1.40. The Bertz CT molecular complexity index is 488. The molecule has 7 heteroatoms. The van der Waals surface area contributed by atoms with Crippen molar-refractivity contribution in [3.05, 3.63) is 28.1 Å². The zero-order chi connectivity index (χ0) is 10.8. The van der Waals surface area contributed by atoms with Crippen molar-refractivity contribution in [2.24, 2.45) is 0 Å². The van der Waals surface area contributed by atoms with Gasteiger partial charge in [-0.3, -0.25) is 0 Å². The van der Waals surface area contributed by atoms with E-state index in [0.717, 1.165) is 16.8 Å². The molecule has 0 fully saturated rings. The average molecular weight is 262 g/mol. The van der Waals surface area contributed by atoms with Gasteiger partial charge in [-0.25, -0.2) is 9.37 Å². The maximum Gasteiger partial charge on any atom is 0.180 e. The SMILES string of the molecule is Cc1nnc(Sc2ncc(Cl)cc2F)s1. The van der Waals surface area contributed by atoms with Gasteiger partial charge in [0.25, 0.3) is 0 Å². The molecule has 15 heavy (non-hydrogen) atoms. The summed E-state index contributed by atoms with van der Waals surface area (Å²) >= 11 is 8.13. The first-order valence-electron chi connectivity index (χ1n) is 3.94. The number of hydrogen-bond donors (Lipinski definition) is 0. The van der Waals surface area contributed by atoms with Gasteiger partial charge in [-0.15, -0.1) is 10.2 Å². The Hall–Kier alpha value is -0.720. The Morgan fingerprint density at radius 2 is 2.27 bits per heavy atom. The van der Waals surface area contributed by atoms with Crippen molar-refractivity contribution in [3.8, 4) is 0 Å². The van der Waals surface area contributed by atoms with Crippen molar-refractivity contribution in [3.63, 3.8) is 0 Å². The van der Waals surface area contributed by atoms with Gasteiger partial charge in [0.1, 0.15) is 10.0 Å². The van der Waals surface area contributed by atoms with E-state index in [0.29, 0.717) is 4.34 Å². The van der Waals surface area contributed by atoms with Crippen LogP contribution in [0.5, 0.6) is 0 Å². The lowest BCUT2D eigenvalue weighted by Gasteiger charge is -1.98. The monoisotopic (exact) mass is 261 g/mol. The van der Waals surface area contributed by atoms with E-state index in [1.807, 2.05) is 6.92 Å². The van der Waals surface area contributed by atoms with E-state index in [2.05, 4.69) is 15.2 Å². The normalized spacial score (nSPS) is 10.6. The molecule has 0 saturated carbocycles. The minimum absolute atomic E-state index is 0.260. The van der Waals surface area contributed by atoms with Crippen LogP contribution in [-0.4, -0.2) is 15.2 Å². The molecule has 0 unspecified atom stereocenters. The Labute approximate surface area is 98.7 Å². The highest BCUT2D eigenvalue weighted by atomic mass is 35.5. The van der Waals surface area contributed by atoms with Crippen LogP contribution in [-0.2, 0) is 0 Å². The summed E-state index contributed by atoms with van der Waals surface area (Å²) in [4.78, 5) is 3.88. The molecule has 0 aliphatic heterocycles. The summed E-state index contributed by atoms with van der Waals surface area (Å²) in [5.41, 5.74) is 0. The van der Waals surface area contributed by atoms with Gasteiger partial charge in [0.2, 0.25) is 0 Å². The van der Waals surface area contributed by atoms with E-state index >= 15 is 0 Å². The minimum atomic E-state index is -0.444. The predicted octanol–water partition coefficient (Wildman–Crippen LogP) is 3.19. The first kappa shape index (κ1) is 10.8. The highest BCUT2D eigenvalue weighted by Crippen LogP contribution is 2.30. The second-order valence-electron chi connectivity index (χ2n) is 2.63. The molecule has 2 rings (SSSR count). The number of halogens is 2. The van der Waals surface area contributed by atoms with E-state index in [9.17, 15) is 4.39 Å². The van der Waals surface area contributed by atoms with Crippen molar-refractivity contribution in [2.45, 2.75) is 16.3 Å². The van der Waals surface area contributed by atoms with E-state index in [4.69, 9.17) is 11.6 Å². The smallest absolute Gasteiger partial charge is 0.180 e. The average Bonchev–Trinajstić information content (AvgIpc) is 2.56. The zero-order valence-corrected chi connectivity index (χ0v) is 9.96. The highest BCUT2D eigenvalue weighted by molar-refractivity contribution is 8.01. The quantitative estimate of drug-likeness (QED) is 0.832. The number of aryl methyl sites for hydroxylation is 1. The molecule has 0 aliphatic rings. The zero-order valence-electron chi connectivity index (χ0n) is 7.57. The summed E-state index contributed by atoms with van der Waals surface area (Å²) in [6, 6.07) is 1.23. The maximum absolute atomic E-state index is 13.3. The van der Waals surface area contributed by atoms with Crippen LogP contribution < -0.4 is 0 Å². The fourth-order valence-electron chi connectivity index (χ4n) is 0.879. The molecular weight excluding hydrogens is 257 g/mol. The Balaban J connectivity index is 2.24. The summed E-state index contributed by atoms with van der Waals surface area (Å²) in [7, 11) is 0. The fraction of sp³-hybridized carbons (Fsp3) is 0.125. The number of nitrogens with zero attached hydrogens (tertiary/aromatic N) is 3. The molecule has 2 aromatic rings. The third-order valence-electron chi connectivity index (χ3n) is 1.47. The van der Waals surface area contributed by atoms with Crippen LogP contribution in [0.25, 0.3) is 0 Å². The Morgan fingerprint density at radius 3 is 2.87 bits per heavy atom. The Kier molecular flexibility index (Phi) is 3.18. The summed E-state index contributed by atoms with van der Waals surface area (Å²) in [5, 5.41) is 9.08. The molecule has 0 aromatic carbocycles. The van der Waals surface area contributed by atoms with Gasteiger partial charge in [-0.2, -0.15) is 0 Å². The molecule has 2 heterocycles. The van der Waals surface area contributed by atoms with Gasteiger partial charge in [0.15, 0.2) is 10.2 Å². The van der Waals surface area contributed by atoms with Crippen molar-refractivity contribution >= 4 is 34.7 Å². The Morgan fingerprint density at radius 1 is 1.47 bits per heavy atom. The molecule has 0 bridgehead atoms. The second kappa shape index (κ2) is 4.42. The number of pyridine rings is 1. The van der Waals surface area contributed by atoms with Gasteiger partial charge in [-0.05, 0) is 24.8 Å². The highest BCUT2D eigenvalue weighted by Gasteiger charge is 2.09. The van der Waals surface area contributed by atoms with Crippen LogP contribution >= 0.6 is 34.7 Å². The molecule has 2 aromatic heterocycles. The van der Waals surface area contributed by atoms with Crippen molar-refractivity contribution in [2.75, 3.05) is 0 Å². The van der Waals surface area contributed by atoms with Crippen LogP contribution in [0.15, 0.2) is 21.6 Å². The van der Waals surface area contributed by atoms with Crippen molar-refractivity contribution < 1.29 is 4.39 Å². The van der Waals surface area contributed by atoms with Crippen LogP contribution in [0.3, 0.4) is 0 Å². The van der Waals surface area contributed by atoms with Crippen molar-refractivity contribution in [1.29, 1.82) is 0 Å². The van der Waals surface area contributed by atoms with Gasteiger partial charge < -0.3 is 0 Å². The van der Waals surface area contributed by atoms with Gasteiger partial charge in [-0.1, -0.05) is 22.9 Å². The molecule has 0 spiro atoms. The van der Waals surface area contributed by atoms with Gasteiger partial charge in [0, 0.05) is 6.20 Å². The van der Waals surface area contributed by atoms with Crippen LogP contribution in [0.2, 0.25) is 5.02 Å². The number of hydrogen-bond acceptors (Lipinski definition) is 5. The first-order chi connectivity index (χ1) is 7.15. The lowest BCUT2D eigenvalue weighted by Crippen LogP contribution is -1.85. The van der Waals surface area contributed by atoms with Gasteiger partial charge >= 0.3 is 0 Å². The minimum Gasteiger partial charge on any atom is -0.245 e. The molecular formula is C8H5ClFN3S2. The third kappa shape index (κ3) is 2.64. The molecule has 0 saturated heterocycles. The van der Waals surface area contributed by atoms with Gasteiger partial charge in [0.05, 0.1) is 5.02 Å². The van der Waals surface area contributed by atoms with E-state index < -0.39 is 5.82 Å². The summed E-state index contributed by atoms with van der Waals surface area (Å²) in [6.45, 7) is 1.84. The first-order valence-corrected chi connectivity index (χ1v) is 5.95. The van der Waals surface area contributed by atoms with E-state index in [-0.39, 0.29) is 10.0 Å². The number of rotatable bonds is 2. The van der Waals surface area contributed by atoms with E-state index in [1.165, 1.54) is 23.6 Å². The predicted molar refractivity (Wildman–Crippen MR) is 58.0 cm³/mol. The lowest BCUT2D eigenvalue weighted by molar-refractivity contribution is 0.588. The molecule has 0 radical (unpaired) electrons. The second-order valence-corrected chi connectivity index (χ2v) is 5.48. The third-order valence-corrected chi connectivity index (χ3v) is 3.56. The molecule has 0 atom stereocenters. The maximum atomic E-state index is 13.3. The summed E-state index contributed by atoms with van der Waals surface area (Å²) in [5.74, 6) is -0.444. The fourth-order valence-corrected chi connectivity index (χ4v) is 2.71. The molecule has 0 aliphatic carbocycles. The summed E-state index contributed by atoms with van der Waals surface area (Å²) < 4.78 is 14.0. The molecule has 0 N–H and O–H groups in total. The van der Waals surface area contributed by atoms with Crippen LogP contribution in [0.4, 0.5) is 4.39 Å². The van der Waals surface area contributed by atoms with E-state index in [1.54, 1.807) is 0 Å². The topological polar surface area (TPSA) is 38.7 Å². The molecule has 3 nitrogen and oxygen atoms in total. The largest absolute Gasteiger partial charge is 0.245 e.